The van der Waals surface area contributed by atoms with Crippen LogP contribution >= 0.6 is 0 Å². The molecule has 2 rings (SSSR count). The highest BCUT2D eigenvalue weighted by Crippen LogP contribution is 2.18. The van der Waals surface area contributed by atoms with Crippen LogP contribution in [0.25, 0.3) is 0 Å². The van der Waals surface area contributed by atoms with Crippen molar-refractivity contribution in [3.8, 4) is 0 Å². The minimum Gasteiger partial charge on any atom is -0.353 e. The molecule has 20 heavy (non-hydrogen) atoms. The molecule has 0 aliphatic carbocycles. The van der Waals surface area contributed by atoms with E-state index in [0.29, 0.717) is 6.54 Å². The van der Waals surface area contributed by atoms with Crippen molar-refractivity contribution in [2.45, 2.75) is 31.8 Å². The molecule has 2 atom stereocenters. The summed E-state index contributed by atoms with van der Waals surface area (Å²) in [7, 11) is 4.09. The third-order valence-electron chi connectivity index (χ3n) is 3.93. The fraction of sp³-hybridized carbons (Fsp3) is 0.562. The molecule has 1 heterocycles. The summed E-state index contributed by atoms with van der Waals surface area (Å²) in [6.45, 7) is 3.68. The van der Waals surface area contributed by atoms with Gasteiger partial charge in [-0.25, -0.2) is 0 Å². The van der Waals surface area contributed by atoms with E-state index in [-0.39, 0.29) is 18.0 Å². The van der Waals surface area contributed by atoms with Crippen molar-refractivity contribution in [2.24, 2.45) is 0 Å². The molecule has 0 bridgehead atoms. The molecule has 110 valence electrons. The summed E-state index contributed by atoms with van der Waals surface area (Å²) < 4.78 is 0. The van der Waals surface area contributed by atoms with Gasteiger partial charge in [-0.05, 0) is 46.0 Å². The zero-order valence-corrected chi connectivity index (χ0v) is 12.6. The first-order valence-corrected chi connectivity index (χ1v) is 7.32. The van der Waals surface area contributed by atoms with Crippen molar-refractivity contribution < 1.29 is 4.79 Å². The van der Waals surface area contributed by atoms with E-state index < -0.39 is 0 Å². The molecule has 0 aromatic heterocycles. The van der Waals surface area contributed by atoms with Crippen molar-refractivity contribution in [1.29, 1.82) is 0 Å². The molecule has 1 aliphatic rings. The molecule has 4 nitrogen and oxygen atoms in total. The molecule has 2 N–H and O–H groups in total. The molecule has 1 aliphatic heterocycles. The molecule has 1 aromatic carbocycles. The lowest BCUT2D eigenvalue weighted by Crippen LogP contribution is -2.43. The van der Waals surface area contributed by atoms with Crippen molar-refractivity contribution in [3.05, 3.63) is 35.4 Å². The highest BCUT2D eigenvalue weighted by Gasteiger charge is 2.23. The van der Waals surface area contributed by atoms with Crippen LogP contribution in [0.1, 0.15) is 30.0 Å². The van der Waals surface area contributed by atoms with E-state index in [9.17, 15) is 4.79 Å². The third-order valence-corrected chi connectivity index (χ3v) is 3.93. The SMILES string of the molecule is Cc1ccc(C(CNC(=O)C2CCCN2)N(C)C)cc1. The van der Waals surface area contributed by atoms with E-state index in [1.54, 1.807) is 0 Å². The lowest BCUT2D eigenvalue weighted by atomic mass is 10.0. The molecule has 4 heteroatoms. The first-order chi connectivity index (χ1) is 9.58. The van der Waals surface area contributed by atoms with Crippen molar-refractivity contribution in [3.63, 3.8) is 0 Å². The maximum Gasteiger partial charge on any atom is 0.237 e. The number of carbonyl (C=O) groups excluding carboxylic acids is 1. The van der Waals surface area contributed by atoms with Crippen LogP contribution in [0.15, 0.2) is 24.3 Å². The van der Waals surface area contributed by atoms with Gasteiger partial charge in [-0.1, -0.05) is 29.8 Å². The smallest absolute Gasteiger partial charge is 0.237 e. The number of hydrogen-bond donors (Lipinski definition) is 2. The summed E-state index contributed by atoms with van der Waals surface area (Å²) in [6, 6.07) is 8.72. The molecule has 0 saturated carbocycles. The first kappa shape index (κ1) is 15.0. The zero-order valence-electron chi connectivity index (χ0n) is 12.6. The molecule has 2 unspecified atom stereocenters. The summed E-state index contributed by atoms with van der Waals surface area (Å²) in [4.78, 5) is 14.2. The van der Waals surface area contributed by atoms with Gasteiger partial charge >= 0.3 is 0 Å². The number of nitrogens with one attached hydrogen (secondary N) is 2. The third kappa shape index (κ3) is 3.81. The van der Waals surface area contributed by atoms with Gasteiger partial charge in [0.1, 0.15) is 0 Å². The molecule has 1 aromatic rings. The molecule has 1 saturated heterocycles. The average Bonchev–Trinajstić information content (AvgIpc) is 2.94. The maximum absolute atomic E-state index is 12.1. The fourth-order valence-corrected chi connectivity index (χ4v) is 2.62. The Bertz CT molecular complexity index is 436. The predicted molar refractivity (Wildman–Crippen MR) is 81.6 cm³/mol. The number of likely N-dealkylation sites (N-methyl/N-ethyl adjacent to an activating group) is 1. The largest absolute Gasteiger partial charge is 0.353 e. The number of benzene rings is 1. The van der Waals surface area contributed by atoms with E-state index >= 15 is 0 Å². The minimum absolute atomic E-state index is 0.00386. The van der Waals surface area contributed by atoms with Crippen LogP contribution in [0.4, 0.5) is 0 Å². The summed E-state index contributed by atoms with van der Waals surface area (Å²) in [5.41, 5.74) is 2.49. The number of rotatable bonds is 5. The number of carbonyl (C=O) groups is 1. The Morgan fingerprint density at radius 3 is 2.65 bits per heavy atom. The van der Waals surface area contributed by atoms with E-state index in [1.807, 2.05) is 14.1 Å². The summed E-state index contributed by atoms with van der Waals surface area (Å²) >= 11 is 0. The Morgan fingerprint density at radius 2 is 2.10 bits per heavy atom. The van der Waals surface area contributed by atoms with Crippen molar-refractivity contribution in [1.82, 2.24) is 15.5 Å². The highest BCUT2D eigenvalue weighted by molar-refractivity contribution is 5.82. The number of nitrogens with zero attached hydrogens (tertiary/aromatic N) is 1. The van der Waals surface area contributed by atoms with Gasteiger partial charge in [-0.15, -0.1) is 0 Å². The molecule has 1 amide bonds. The van der Waals surface area contributed by atoms with Gasteiger partial charge in [0.15, 0.2) is 0 Å². The summed E-state index contributed by atoms with van der Waals surface area (Å²) in [5.74, 6) is 0.126. The summed E-state index contributed by atoms with van der Waals surface area (Å²) in [5, 5.41) is 6.31. The lowest BCUT2D eigenvalue weighted by molar-refractivity contribution is -0.123. The van der Waals surface area contributed by atoms with Gasteiger partial charge in [-0.2, -0.15) is 0 Å². The minimum atomic E-state index is -0.00386. The second-order valence-corrected chi connectivity index (χ2v) is 5.78. The van der Waals surface area contributed by atoms with E-state index in [1.165, 1.54) is 11.1 Å². The molecular formula is C16H25N3O. The van der Waals surface area contributed by atoms with E-state index in [4.69, 9.17) is 0 Å². The average molecular weight is 275 g/mol. The van der Waals surface area contributed by atoms with Crippen LogP contribution in [0.5, 0.6) is 0 Å². The topological polar surface area (TPSA) is 44.4 Å². The van der Waals surface area contributed by atoms with Gasteiger partial charge in [0, 0.05) is 6.54 Å². The van der Waals surface area contributed by atoms with Crippen LogP contribution < -0.4 is 10.6 Å². The van der Waals surface area contributed by atoms with E-state index in [2.05, 4.69) is 46.7 Å². The monoisotopic (exact) mass is 275 g/mol. The Balaban J connectivity index is 1.95. The number of hydrogen-bond acceptors (Lipinski definition) is 3. The molecule has 1 fully saturated rings. The Labute approximate surface area is 121 Å². The van der Waals surface area contributed by atoms with Gasteiger partial charge in [0.25, 0.3) is 0 Å². The Hall–Kier alpha value is -1.39. The normalized spacial score (nSPS) is 20.1. The molecule has 0 radical (unpaired) electrons. The van der Waals surface area contributed by atoms with Crippen LogP contribution in [0, 0.1) is 6.92 Å². The van der Waals surface area contributed by atoms with Gasteiger partial charge in [0.2, 0.25) is 5.91 Å². The van der Waals surface area contributed by atoms with Crippen LogP contribution in [-0.2, 0) is 4.79 Å². The standard InChI is InChI=1S/C16H25N3O/c1-12-6-8-13(9-7-12)15(19(2)3)11-18-16(20)14-5-4-10-17-14/h6-9,14-15,17H,4-5,10-11H2,1-3H3,(H,18,20). The lowest BCUT2D eigenvalue weighted by Gasteiger charge is -2.26. The zero-order chi connectivity index (χ0) is 14.5. The van der Waals surface area contributed by atoms with Gasteiger partial charge in [-0.3, -0.25) is 4.79 Å². The Morgan fingerprint density at radius 1 is 1.40 bits per heavy atom. The van der Waals surface area contributed by atoms with Crippen LogP contribution in [0.2, 0.25) is 0 Å². The quantitative estimate of drug-likeness (QED) is 0.855. The molecule has 0 spiro atoms. The molecular weight excluding hydrogens is 250 g/mol. The van der Waals surface area contributed by atoms with Crippen LogP contribution in [0.3, 0.4) is 0 Å². The summed E-state index contributed by atoms with van der Waals surface area (Å²) in [6.07, 6.45) is 2.04. The second kappa shape index (κ2) is 6.86. The number of amides is 1. The highest BCUT2D eigenvalue weighted by atomic mass is 16.2. The van der Waals surface area contributed by atoms with Crippen molar-refractivity contribution in [2.75, 3.05) is 27.2 Å². The van der Waals surface area contributed by atoms with Crippen LogP contribution in [-0.4, -0.2) is 44.0 Å². The van der Waals surface area contributed by atoms with Gasteiger partial charge < -0.3 is 15.5 Å². The Kier molecular flexibility index (Phi) is 5.15. The van der Waals surface area contributed by atoms with Crippen molar-refractivity contribution >= 4 is 5.91 Å². The predicted octanol–water partition coefficient (Wildman–Crippen LogP) is 1.47. The number of aryl methyl sites for hydroxylation is 1. The second-order valence-electron chi connectivity index (χ2n) is 5.78. The van der Waals surface area contributed by atoms with Gasteiger partial charge in [0.05, 0.1) is 12.1 Å². The fourth-order valence-electron chi connectivity index (χ4n) is 2.62. The maximum atomic E-state index is 12.1. The van der Waals surface area contributed by atoms with E-state index in [0.717, 1.165) is 19.4 Å². The first-order valence-electron chi connectivity index (χ1n) is 7.32.